The first-order chi connectivity index (χ1) is 8.13. The minimum Gasteiger partial charge on any atom is -0.386 e. The molecular formula is C13H10ClF2N. The summed E-state index contributed by atoms with van der Waals surface area (Å²) in [7, 11) is 1.63. The van der Waals surface area contributed by atoms with Gasteiger partial charge in [-0.2, -0.15) is 0 Å². The van der Waals surface area contributed by atoms with Gasteiger partial charge in [0.2, 0.25) is 0 Å². The molecule has 1 nitrogen and oxygen atoms in total. The van der Waals surface area contributed by atoms with Gasteiger partial charge in [-0.05, 0) is 24.3 Å². The van der Waals surface area contributed by atoms with E-state index in [2.05, 4.69) is 5.32 Å². The summed E-state index contributed by atoms with van der Waals surface area (Å²) in [6, 6.07) is 8.83. The Balaban J connectivity index is 2.60. The van der Waals surface area contributed by atoms with Gasteiger partial charge >= 0.3 is 0 Å². The van der Waals surface area contributed by atoms with Crippen LogP contribution in [0.2, 0.25) is 5.02 Å². The number of hydrogen-bond donors (Lipinski definition) is 1. The van der Waals surface area contributed by atoms with Gasteiger partial charge in [-0.15, -0.1) is 0 Å². The zero-order valence-electron chi connectivity index (χ0n) is 9.10. The van der Waals surface area contributed by atoms with Gasteiger partial charge in [-0.25, -0.2) is 8.78 Å². The molecule has 0 bridgehead atoms. The maximum Gasteiger partial charge on any atom is 0.154 e. The van der Waals surface area contributed by atoms with Crippen molar-refractivity contribution >= 4 is 17.3 Å². The number of anilines is 1. The van der Waals surface area contributed by atoms with Gasteiger partial charge in [0.05, 0.1) is 10.7 Å². The highest BCUT2D eigenvalue weighted by Crippen LogP contribution is 2.32. The van der Waals surface area contributed by atoms with Gasteiger partial charge in [0, 0.05) is 18.2 Å². The van der Waals surface area contributed by atoms with Crippen LogP contribution in [0.25, 0.3) is 11.1 Å². The Bertz CT molecular complexity index is 555. The number of hydrogen-bond acceptors (Lipinski definition) is 1. The van der Waals surface area contributed by atoms with Gasteiger partial charge in [0.15, 0.2) is 5.82 Å². The molecule has 2 aromatic rings. The summed E-state index contributed by atoms with van der Waals surface area (Å²) in [4.78, 5) is 0. The Morgan fingerprint density at radius 2 is 1.82 bits per heavy atom. The summed E-state index contributed by atoms with van der Waals surface area (Å²) in [5.74, 6) is -0.840. The monoisotopic (exact) mass is 253 g/mol. The molecule has 1 N–H and O–H groups in total. The second-order valence-electron chi connectivity index (χ2n) is 3.54. The number of nitrogens with one attached hydrogen (secondary N) is 1. The predicted molar refractivity (Wildman–Crippen MR) is 66.4 cm³/mol. The normalized spacial score (nSPS) is 10.4. The zero-order valence-corrected chi connectivity index (χ0v) is 9.85. The Morgan fingerprint density at radius 1 is 1.06 bits per heavy atom. The van der Waals surface area contributed by atoms with Crippen molar-refractivity contribution in [1.82, 2.24) is 0 Å². The first-order valence-corrected chi connectivity index (χ1v) is 5.43. The van der Waals surface area contributed by atoms with Crippen LogP contribution in [0.15, 0.2) is 36.4 Å². The highest BCUT2D eigenvalue weighted by molar-refractivity contribution is 6.33. The molecular weight excluding hydrogens is 244 g/mol. The van der Waals surface area contributed by atoms with E-state index < -0.39 is 11.6 Å². The largest absolute Gasteiger partial charge is 0.386 e. The standard InChI is InChI=1S/C13H10ClF2N/c1-17-12-4-2-3-10(13(12)16)9-6-5-8(15)7-11(9)14/h2-7,17H,1H3. The van der Waals surface area contributed by atoms with Crippen molar-refractivity contribution in [2.24, 2.45) is 0 Å². The molecule has 0 saturated heterocycles. The fraction of sp³-hybridized carbons (Fsp3) is 0.0769. The maximum absolute atomic E-state index is 14.0. The van der Waals surface area contributed by atoms with Crippen molar-refractivity contribution in [2.75, 3.05) is 12.4 Å². The quantitative estimate of drug-likeness (QED) is 0.840. The van der Waals surface area contributed by atoms with Gasteiger partial charge in [0.1, 0.15) is 5.82 Å². The van der Waals surface area contributed by atoms with Gasteiger partial charge in [-0.1, -0.05) is 23.7 Å². The van der Waals surface area contributed by atoms with E-state index in [0.29, 0.717) is 16.8 Å². The van der Waals surface area contributed by atoms with E-state index in [1.54, 1.807) is 25.2 Å². The van der Waals surface area contributed by atoms with Crippen LogP contribution in [-0.2, 0) is 0 Å². The summed E-state index contributed by atoms with van der Waals surface area (Å²) in [6.45, 7) is 0. The summed E-state index contributed by atoms with van der Waals surface area (Å²) in [6.07, 6.45) is 0. The Hall–Kier alpha value is -1.61. The Labute approximate surface area is 103 Å². The number of benzene rings is 2. The molecule has 0 aliphatic heterocycles. The highest BCUT2D eigenvalue weighted by atomic mass is 35.5. The van der Waals surface area contributed by atoms with E-state index in [0.717, 1.165) is 0 Å². The van der Waals surface area contributed by atoms with Crippen molar-refractivity contribution in [3.8, 4) is 11.1 Å². The van der Waals surface area contributed by atoms with Crippen molar-refractivity contribution in [3.05, 3.63) is 53.1 Å². The van der Waals surface area contributed by atoms with E-state index >= 15 is 0 Å². The van der Waals surface area contributed by atoms with Gasteiger partial charge < -0.3 is 5.32 Å². The second kappa shape index (κ2) is 4.72. The topological polar surface area (TPSA) is 12.0 Å². The molecule has 0 amide bonds. The van der Waals surface area contributed by atoms with Crippen molar-refractivity contribution < 1.29 is 8.78 Å². The lowest BCUT2D eigenvalue weighted by Crippen LogP contribution is -1.95. The van der Waals surface area contributed by atoms with Crippen LogP contribution in [0.1, 0.15) is 0 Å². The molecule has 88 valence electrons. The van der Waals surface area contributed by atoms with Crippen molar-refractivity contribution in [3.63, 3.8) is 0 Å². The molecule has 0 radical (unpaired) electrons. The van der Waals surface area contributed by atoms with E-state index in [-0.39, 0.29) is 5.02 Å². The molecule has 4 heteroatoms. The van der Waals surface area contributed by atoms with Crippen LogP contribution >= 0.6 is 11.6 Å². The Morgan fingerprint density at radius 3 is 2.47 bits per heavy atom. The highest BCUT2D eigenvalue weighted by Gasteiger charge is 2.12. The average Bonchev–Trinajstić information content (AvgIpc) is 2.30. The summed E-state index contributed by atoms with van der Waals surface area (Å²) in [5.41, 5.74) is 1.20. The second-order valence-corrected chi connectivity index (χ2v) is 3.95. The van der Waals surface area contributed by atoms with Crippen LogP contribution in [0, 0.1) is 11.6 Å². The third-order valence-electron chi connectivity index (χ3n) is 2.49. The SMILES string of the molecule is CNc1cccc(-c2ccc(F)cc2Cl)c1F. The average molecular weight is 254 g/mol. The van der Waals surface area contributed by atoms with Crippen molar-refractivity contribution in [2.45, 2.75) is 0 Å². The zero-order chi connectivity index (χ0) is 12.4. The lowest BCUT2D eigenvalue weighted by atomic mass is 10.0. The van der Waals surface area contributed by atoms with Crippen LogP contribution < -0.4 is 5.32 Å². The third kappa shape index (κ3) is 2.24. The molecule has 2 rings (SSSR count). The first kappa shape index (κ1) is 11.9. The fourth-order valence-corrected chi connectivity index (χ4v) is 1.91. The molecule has 0 aromatic heterocycles. The molecule has 0 aliphatic rings. The summed E-state index contributed by atoms with van der Waals surface area (Å²) in [5, 5.41) is 2.94. The summed E-state index contributed by atoms with van der Waals surface area (Å²) < 4.78 is 26.9. The molecule has 0 spiro atoms. The summed E-state index contributed by atoms with van der Waals surface area (Å²) >= 11 is 5.90. The minimum absolute atomic E-state index is 0.192. The van der Waals surface area contributed by atoms with Gasteiger partial charge in [-0.3, -0.25) is 0 Å². The lowest BCUT2D eigenvalue weighted by Gasteiger charge is -2.09. The van der Waals surface area contributed by atoms with E-state index in [4.69, 9.17) is 11.6 Å². The first-order valence-electron chi connectivity index (χ1n) is 5.05. The minimum atomic E-state index is -0.441. The van der Waals surface area contributed by atoms with Crippen LogP contribution in [0.3, 0.4) is 0 Å². The maximum atomic E-state index is 14.0. The molecule has 17 heavy (non-hydrogen) atoms. The molecule has 2 aromatic carbocycles. The third-order valence-corrected chi connectivity index (χ3v) is 2.80. The molecule has 0 fully saturated rings. The van der Waals surface area contributed by atoms with Crippen LogP contribution in [0.4, 0.5) is 14.5 Å². The van der Waals surface area contributed by atoms with Crippen LogP contribution in [0.5, 0.6) is 0 Å². The molecule has 0 aliphatic carbocycles. The Kier molecular flexibility index (Phi) is 3.29. The number of rotatable bonds is 2. The van der Waals surface area contributed by atoms with Crippen LogP contribution in [-0.4, -0.2) is 7.05 Å². The predicted octanol–water partition coefficient (Wildman–Crippen LogP) is 4.33. The van der Waals surface area contributed by atoms with Crippen molar-refractivity contribution in [1.29, 1.82) is 0 Å². The molecule has 0 atom stereocenters. The lowest BCUT2D eigenvalue weighted by molar-refractivity contribution is 0.626. The van der Waals surface area contributed by atoms with E-state index in [1.807, 2.05) is 0 Å². The fourth-order valence-electron chi connectivity index (χ4n) is 1.64. The smallest absolute Gasteiger partial charge is 0.154 e. The van der Waals surface area contributed by atoms with Gasteiger partial charge in [0.25, 0.3) is 0 Å². The number of halogens is 3. The molecule has 0 saturated carbocycles. The molecule has 0 heterocycles. The molecule has 0 unspecified atom stereocenters. The van der Waals surface area contributed by atoms with E-state index in [1.165, 1.54) is 18.2 Å². The van der Waals surface area contributed by atoms with E-state index in [9.17, 15) is 8.78 Å².